The second kappa shape index (κ2) is 22.0. The molecule has 0 saturated carbocycles. The molecule has 3 N–H and O–H groups in total. The number of hydrogen-bond acceptors (Lipinski definition) is 8. The minimum Gasteiger partial charge on any atom is -0.398 e. The number of nitrogens with two attached hydrogens (primary N) is 1. The quantitative estimate of drug-likeness (QED) is 0.129. The number of halogens is 3. The number of rotatable bonds is 14. The van der Waals surface area contributed by atoms with Crippen LogP contribution in [-0.4, -0.2) is 111 Å². The van der Waals surface area contributed by atoms with E-state index in [1.165, 1.54) is 25.0 Å². The second-order valence-electron chi connectivity index (χ2n) is 13.5. The van der Waals surface area contributed by atoms with Gasteiger partial charge in [0.25, 0.3) is 5.91 Å². The molecule has 0 radical (unpaired) electrons. The maximum atomic E-state index is 13.0. The summed E-state index contributed by atoms with van der Waals surface area (Å²) in [4.78, 5) is 53.2. The molecule has 4 rings (SSSR count). The number of piperidine rings is 2. The van der Waals surface area contributed by atoms with Crippen LogP contribution in [0.15, 0.2) is 46.7 Å². The van der Waals surface area contributed by atoms with Gasteiger partial charge in [0.15, 0.2) is 12.4 Å². The summed E-state index contributed by atoms with van der Waals surface area (Å²) >= 11 is 18.3. The first kappa shape index (κ1) is 43.8. The summed E-state index contributed by atoms with van der Waals surface area (Å²) in [6, 6.07) is 10.9. The molecule has 2 fully saturated rings. The number of amidine groups is 1. The maximum Gasteiger partial charge on any atom is 0.253 e. The minimum atomic E-state index is -0.235. The number of nitrogens with one attached hydrogen (secondary N) is 1. The van der Waals surface area contributed by atoms with E-state index in [1.807, 2.05) is 19.9 Å². The SMILES string of the molecule is CCCN1CCC(N2CCCC(CC(=O)NC)C2=O)CC1.CO/N=C(/N)CO/N=C(/CN(C)C(=O)c1cc(C)cc(Cl)c1)C(C)c1ccc(Cl)c(Cl)c1. The number of likely N-dealkylation sites (tertiary alicyclic amines) is 2. The fourth-order valence-electron chi connectivity index (χ4n) is 6.56. The number of carbonyl (C=O) groups excluding carboxylic acids is 3. The summed E-state index contributed by atoms with van der Waals surface area (Å²) in [5.41, 5.74) is 8.48. The maximum absolute atomic E-state index is 13.0. The molecule has 2 aromatic carbocycles. The molecule has 53 heavy (non-hydrogen) atoms. The number of oxime groups is 2. The number of hydrogen-bond donors (Lipinski definition) is 2. The highest BCUT2D eigenvalue weighted by Crippen LogP contribution is 2.29. The molecule has 292 valence electrons. The third-order valence-electron chi connectivity index (χ3n) is 9.41. The predicted octanol–water partition coefficient (Wildman–Crippen LogP) is 6.36. The lowest BCUT2D eigenvalue weighted by Gasteiger charge is -2.42. The van der Waals surface area contributed by atoms with E-state index >= 15 is 0 Å². The van der Waals surface area contributed by atoms with Crippen LogP contribution in [0.3, 0.4) is 0 Å². The Hall–Kier alpha value is -3.58. The molecule has 2 heterocycles. The lowest BCUT2D eigenvalue weighted by atomic mass is 9.90. The van der Waals surface area contributed by atoms with Crippen molar-refractivity contribution in [2.45, 2.75) is 71.3 Å². The van der Waals surface area contributed by atoms with Crippen LogP contribution in [0, 0.1) is 12.8 Å². The van der Waals surface area contributed by atoms with Crippen LogP contribution >= 0.6 is 34.8 Å². The molecule has 0 spiro atoms. The van der Waals surface area contributed by atoms with E-state index in [9.17, 15) is 14.4 Å². The summed E-state index contributed by atoms with van der Waals surface area (Å²) in [6.07, 6.45) is 5.60. The van der Waals surface area contributed by atoms with Crippen molar-refractivity contribution >= 4 is 64.1 Å². The van der Waals surface area contributed by atoms with Crippen LogP contribution in [0.1, 0.15) is 79.8 Å². The monoisotopic (exact) mass is 793 g/mol. The average molecular weight is 795 g/mol. The van der Waals surface area contributed by atoms with E-state index in [0.717, 1.165) is 56.4 Å². The molecule has 15 heteroatoms. The van der Waals surface area contributed by atoms with E-state index in [1.54, 1.807) is 44.4 Å². The van der Waals surface area contributed by atoms with Crippen molar-refractivity contribution in [2.24, 2.45) is 22.0 Å². The van der Waals surface area contributed by atoms with Crippen molar-refractivity contribution in [3.05, 3.63) is 68.2 Å². The molecule has 2 atom stereocenters. The third-order valence-corrected chi connectivity index (χ3v) is 10.4. The zero-order valence-corrected chi connectivity index (χ0v) is 33.9. The highest BCUT2D eigenvalue weighted by Gasteiger charge is 2.35. The summed E-state index contributed by atoms with van der Waals surface area (Å²) in [7, 11) is 4.69. The van der Waals surface area contributed by atoms with Crippen LogP contribution in [-0.2, 0) is 19.3 Å². The van der Waals surface area contributed by atoms with Gasteiger partial charge >= 0.3 is 0 Å². The Kier molecular flexibility index (Phi) is 18.2. The van der Waals surface area contributed by atoms with Gasteiger partial charge in [-0.25, -0.2) is 0 Å². The van der Waals surface area contributed by atoms with Crippen molar-refractivity contribution in [1.29, 1.82) is 0 Å². The van der Waals surface area contributed by atoms with E-state index in [-0.39, 0.29) is 48.5 Å². The molecule has 2 aliphatic heterocycles. The smallest absolute Gasteiger partial charge is 0.253 e. The molecule has 3 amide bonds. The Bertz CT molecular complexity index is 1580. The van der Waals surface area contributed by atoms with E-state index in [2.05, 4.69) is 37.2 Å². The first-order valence-electron chi connectivity index (χ1n) is 18.0. The van der Waals surface area contributed by atoms with E-state index < -0.39 is 0 Å². The summed E-state index contributed by atoms with van der Waals surface area (Å²) in [6.45, 7) is 10.4. The molecule has 2 unspecified atom stereocenters. The van der Waals surface area contributed by atoms with Gasteiger partial charge in [-0.1, -0.05) is 65.0 Å². The fraction of sp³-hybridized carbons (Fsp3) is 0.553. The lowest BCUT2D eigenvalue weighted by molar-refractivity contribution is -0.144. The molecule has 0 aliphatic carbocycles. The molecule has 12 nitrogen and oxygen atoms in total. The predicted molar refractivity (Wildman–Crippen MR) is 213 cm³/mol. The van der Waals surface area contributed by atoms with Gasteiger partial charge in [-0.05, 0) is 87.0 Å². The van der Waals surface area contributed by atoms with Gasteiger partial charge in [-0.15, -0.1) is 0 Å². The Morgan fingerprint density at radius 3 is 2.40 bits per heavy atom. The van der Waals surface area contributed by atoms with Crippen LogP contribution < -0.4 is 11.1 Å². The van der Waals surface area contributed by atoms with Crippen molar-refractivity contribution < 1.29 is 24.1 Å². The normalized spacial score (nSPS) is 17.8. The second-order valence-corrected chi connectivity index (χ2v) is 14.8. The van der Waals surface area contributed by atoms with E-state index in [0.29, 0.717) is 38.8 Å². The first-order chi connectivity index (χ1) is 25.3. The van der Waals surface area contributed by atoms with Gasteiger partial charge in [0.2, 0.25) is 11.8 Å². The molecule has 2 saturated heterocycles. The summed E-state index contributed by atoms with van der Waals surface area (Å²) in [5, 5.41) is 11.8. The summed E-state index contributed by atoms with van der Waals surface area (Å²) < 4.78 is 0. The Labute approximate surface area is 328 Å². The van der Waals surface area contributed by atoms with Gasteiger partial charge in [0.05, 0.1) is 22.3 Å². The largest absolute Gasteiger partial charge is 0.398 e. The topological polar surface area (TPSA) is 142 Å². The first-order valence-corrected chi connectivity index (χ1v) is 19.2. The minimum absolute atomic E-state index is 0.0204. The number of benzene rings is 2. The standard InChI is InChI=1S/C22H25Cl3N4O3.C16H29N3O2/c1-13-7-16(9-17(23)8-13)22(30)29(3)11-20(27-32-12-21(26)28-31-4)14(2)15-5-6-18(24)19(25)10-15;1-3-8-18-10-6-14(7-11-18)19-9-4-5-13(16(19)21)12-15(20)17-2/h5-10,14H,11-12H2,1-4H3,(H2,26,28);13-14H,3-12H2,1-2H3,(H,17,20)/b27-20-;. The highest BCUT2D eigenvalue weighted by atomic mass is 35.5. The lowest BCUT2D eigenvalue weighted by Crippen LogP contribution is -2.52. The molecule has 0 bridgehead atoms. The number of amides is 3. The molecule has 0 aromatic heterocycles. The average Bonchev–Trinajstić information content (AvgIpc) is 3.13. The Morgan fingerprint density at radius 1 is 1.06 bits per heavy atom. The summed E-state index contributed by atoms with van der Waals surface area (Å²) in [5.74, 6) is -0.234. The van der Waals surface area contributed by atoms with Crippen LogP contribution in [0.5, 0.6) is 0 Å². The number of aryl methyl sites for hydroxylation is 1. The molecular weight excluding hydrogens is 741 g/mol. The van der Waals surface area contributed by atoms with Crippen LogP contribution in [0.4, 0.5) is 0 Å². The van der Waals surface area contributed by atoms with Gasteiger partial charge in [0.1, 0.15) is 7.11 Å². The molecule has 2 aromatic rings. The molecular formula is C38H54Cl3N7O5. The van der Waals surface area contributed by atoms with Gasteiger partial charge in [0, 0.05) is 68.6 Å². The Balaban J connectivity index is 0.000000311. The van der Waals surface area contributed by atoms with Gasteiger partial charge < -0.3 is 35.4 Å². The highest BCUT2D eigenvalue weighted by molar-refractivity contribution is 6.42. The number of carbonyl (C=O) groups is 3. The zero-order chi connectivity index (χ0) is 39.1. The van der Waals surface area contributed by atoms with E-state index in [4.69, 9.17) is 45.4 Å². The van der Waals surface area contributed by atoms with Crippen molar-refractivity contribution in [3.8, 4) is 0 Å². The van der Waals surface area contributed by atoms with Gasteiger partial charge in [-0.3, -0.25) is 14.4 Å². The Morgan fingerprint density at radius 2 is 1.77 bits per heavy atom. The third kappa shape index (κ3) is 13.7. The molecule has 2 aliphatic rings. The van der Waals surface area contributed by atoms with Crippen molar-refractivity contribution in [3.63, 3.8) is 0 Å². The van der Waals surface area contributed by atoms with Crippen molar-refractivity contribution in [1.82, 2.24) is 20.0 Å². The van der Waals surface area contributed by atoms with Crippen molar-refractivity contribution in [2.75, 3.05) is 60.5 Å². The number of nitrogens with zero attached hydrogens (tertiary/aromatic N) is 5. The van der Waals surface area contributed by atoms with Gasteiger partial charge in [-0.2, -0.15) is 0 Å². The zero-order valence-electron chi connectivity index (χ0n) is 31.7. The van der Waals surface area contributed by atoms with Crippen LogP contribution in [0.2, 0.25) is 15.1 Å². The van der Waals surface area contributed by atoms with Crippen LogP contribution in [0.25, 0.3) is 0 Å². The fourth-order valence-corrected chi connectivity index (χ4v) is 7.16.